The predicted molar refractivity (Wildman–Crippen MR) is 246 cm³/mol. The standard InChI is InChI=1S/C56H33NO2/c1-2-8-44(9-3-1)57-49-30-42(36-18-14-34(15-19-36)38-24-26-47-45-10-4-6-12-51(45)58-53(47)32-38)28-40-22-23-41-29-43(31-50(57)56(41)55(40)49)37-20-16-35(17-21-37)39-25-27-48-46-11-5-7-13-52(46)59-54(48)33-39/h1-33H. The molecule has 0 aliphatic rings. The van der Waals surface area contributed by atoms with Crippen molar-refractivity contribution in [1.82, 2.24) is 4.57 Å². The second-order valence-electron chi connectivity index (χ2n) is 15.7. The molecule has 0 spiro atoms. The molecule has 0 unspecified atom stereocenters. The maximum atomic E-state index is 6.21. The summed E-state index contributed by atoms with van der Waals surface area (Å²) in [5, 5.41) is 9.66. The highest BCUT2D eigenvalue weighted by molar-refractivity contribution is 6.25. The Labute approximate surface area is 338 Å². The van der Waals surface area contributed by atoms with Gasteiger partial charge in [-0.15, -0.1) is 0 Å². The van der Waals surface area contributed by atoms with E-state index in [1.165, 1.54) is 54.8 Å². The number of benzene rings is 10. The lowest BCUT2D eigenvalue weighted by Crippen LogP contribution is -1.94. The summed E-state index contributed by atoms with van der Waals surface area (Å²) in [6.07, 6.45) is 0. The molecule has 3 heterocycles. The molecule has 0 N–H and O–H groups in total. The Hall–Kier alpha value is -7.88. The van der Waals surface area contributed by atoms with Gasteiger partial charge in [-0.25, -0.2) is 0 Å². The third kappa shape index (κ3) is 4.95. The van der Waals surface area contributed by atoms with Gasteiger partial charge in [0.25, 0.3) is 0 Å². The van der Waals surface area contributed by atoms with Crippen LogP contribution in [0.2, 0.25) is 0 Å². The molecule has 3 heteroatoms. The van der Waals surface area contributed by atoms with E-state index in [2.05, 4.69) is 180 Å². The van der Waals surface area contributed by atoms with Gasteiger partial charge >= 0.3 is 0 Å². The van der Waals surface area contributed by atoms with E-state index in [1.807, 2.05) is 24.3 Å². The van der Waals surface area contributed by atoms with Crippen LogP contribution in [0.15, 0.2) is 209 Å². The fourth-order valence-corrected chi connectivity index (χ4v) is 9.48. The average molecular weight is 752 g/mol. The minimum atomic E-state index is 0.912. The van der Waals surface area contributed by atoms with Gasteiger partial charge in [0.2, 0.25) is 0 Å². The molecule has 59 heavy (non-hydrogen) atoms. The molecular formula is C56H33NO2. The van der Waals surface area contributed by atoms with Gasteiger partial charge in [-0.3, -0.25) is 0 Å². The van der Waals surface area contributed by atoms with Crippen molar-refractivity contribution in [1.29, 1.82) is 0 Å². The van der Waals surface area contributed by atoms with Crippen LogP contribution in [0.4, 0.5) is 0 Å². The average Bonchev–Trinajstić information content (AvgIpc) is 3.97. The molecule has 0 fully saturated rings. The Balaban J connectivity index is 0.903. The summed E-state index contributed by atoms with van der Waals surface area (Å²) in [7, 11) is 0. The van der Waals surface area contributed by atoms with E-state index < -0.39 is 0 Å². The largest absolute Gasteiger partial charge is 0.456 e. The SMILES string of the molecule is c1ccc(-n2c3cc(-c4ccc(-c5ccc6c(c5)oc5ccccc56)cc4)cc4ccc5cc(-c6ccc(-c7ccc8c(c7)oc7ccccc78)cc6)cc2c5c43)cc1. The van der Waals surface area contributed by atoms with Gasteiger partial charge in [0, 0.05) is 38.0 Å². The van der Waals surface area contributed by atoms with E-state index in [1.54, 1.807) is 0 Å². The fraction of sp³-hybridized carbons (Fsp3) is 0. The first-order chi connectivity index (χ1) is 29.2. The highest BCUT2D eigenvalue weighted by Gasteiger charge is 2.20. The number of nitrogens with zero attached hydrogens (tertiary/aromatic N) is 1. The van der Waals surface area contributed by atoms with Crippen LogP contribution in [-0.2, 0) is 0 Å². The van der Waals surface area contributed by atoms with Crippen LogP contribution in [-0.4, -0.2) is 4.57 Å². The van der Waals surface area contributed by atoms with Crippen molar-refractivity contribution < 1.29 is 8.83 Å². The topological polar surface area (TPSA) is 31.2 Å². The van der Waals surface area contributed by atoms with Crippen molar-refractivity contribution in [3.63, 3.8) is 0 Å². The molecule has 0 saturated heterocycles. The Kier molecular flexibility index (Phi) is 6.72. The van der Waals surface area contributed by atoms with Crippen molar-refractivity contribution >= 4 is 76.5 Å². The lowest BCUT2D eigenvalue weighted by molar-refractivity contribution is 0.668. The van der Waals surface area contributed by atoms with Gasteiger partial charge in [-0.1, -0.05) is 127 Å². The zero-order chi connectivity index (χ0) is 38.6. The maximum Gasteiger partial charge on any atom is 0.136 e. The van der Waals surface area contributed by atoms with Gasteiger partial charge in [-0.05, 0) is 128 Å². The van der Waals surface area contributed by atoms with Gasteiger partial charge in [0.15, 0.2) is 0 Å². The van der Waals surface area contributed by atoms with Crippen LogP contribution in [0.25, 0.3) is 127 Å². The summed E-state index contributed by atoms with van der Waals surface area (Å²) in [5.41, 5.74) is 16.6. The lowest BCUT2D eigenvalue weighted by atomic mass is 9.94. The number of aromatic nitrogens is 1. The molecule has 0 amide bonds. The molecule has 0 saturated carbocycles. The molecule has 0 radical (unpaired) electrons. The van der Waals surface area contributed by atoms with Crippen LogP contribution >= 0.6 is 0 Å². The number of hydrogen-bond acceptors (Lipinski definition) is 2. The second kappa shape index (κ2) is 12.3. The molecule has 0 aliphatic carbocycles. The fourth-order valence-electron chi connectivity index (χ4n) is 9.48. The van der Waals surface area contributed by atoms with Gasteiger partial charge in [-0.2, -0.15) is 0 Å². The van der Waals surface area contributed by atoms with Crippen molar-refractivity contribution in [3.8, 4) is 50.2 Å². The third-order valence-corrected chi connectivity index (χ3v) is 12.3. The summed E-state index contributed by atoms with van der Waals surface area (Å²) in [6, 6.07) is 72.2. The van der Waals surface area contributed by atoms with Crippen LogP contribution in [0.1, 0.15) is 0 Å². The molecule has 13 rings (SSSR count). The van der Waals surface area contributed by atoms with Gasteiger partial charge < -0.3 is 13.4 Å². The Morgan fingerprint density at radius 1 is 0.271 bits per heavy atom. The summed E-state index contributed by atoms with van der Waals surface area (Å²) < 4.78 is 14.9. The van der Waals surface area contributed by atoms with Gasteiger partial charge in [0.05, 0.1) is 11.0 Å². The first-order valence-electron chi connectivity index (χ1n) is 20.1. The molecule has 3 aromatic heterocycles. The first-order valence-corrected chi connectivity index (χ1v) is 20.1. The molecule has 13 aromatic rings. The Morgan fingerprint density at radius 3 is 1.14 bits per heavy atom. The van der Waals surface area contributed by atoms with Crippen LogP contribution in [0.5, 0.6) is 0 Å². The Morgan fingerprint density at radius 2 is 0.661 bits per heavy atom. The minimum absolute atomic E-state index is 0.912. The van der Waals surface area contributed by atoms with E-state index in [0.717, 1.165) is 71.8 Å². The van der Waals surface area contributed by atoms with Crippen LogP contribution in [0, 0.1) is 0 Å². The molecule has 3 nitrogen and oxygen atoms in total. The Bertz CT molecular complexity index is 3520. The molecule has 274 valence electrons. The van der Waals surface area contributed by atoms with Crippen LogP contribution < -0.4 is 0 Å². The molecular weight excluding hydrogens is 719 g/mol. The molecule has 10 aromatic carbocycles. The van der Waals surface area contributed by atoms with E-state index in [0.29, 0.717) is 0 Å². The summed E-state index contributed by atoms with van der Waals surface area (Å²) in [5.74, 6) is 0. The summed E-state index contributed by atoms with van der Waals surface area (Å²) in [4.78, 5) is 0. The van der Waals surface area contributed by atoms with E-state index in [-0.39, 0.29) is 0 Å². The second-order valence-corrected chi connectivity index (χ2v) is 15.7. The summed E-state index contributed by atoms with van der Waals surface area (Å²) >= 11 is 0. The van der Waals surface area contributed by atoms with E-state index in [9.17, 15) is 0 Å². The van der Waals surface area contributed by atoms with Crippen molar-refractivity contribution in [2.24, 2.45) is 0 Å². The minimum Gasteiger partial charge on any atom is -0.456 e. The zero-order valence-corrected chi connectivity index (χ0v) is 31.8. The first kappa shape index (κ1) is 32.2. The highest BCUT2D eigenvalue weighted by Crippen LogP contribution is 2.44. The maximum absolute atomic E-state index is 6.21. The molecule has 0 atom stereocenters. The number of rotatable bonds is 5. The smallest absolute Gasteiger partial charge is 0.136 e. The van der Waals surface area contributed by atoms with E-state index >= 15 is 0 Å². The monoisotopic (exact) mass is 751 g/mol. The number of para-hydroxylation sites is 3. The van der Waals surface area contributed by atoms with Gasteiger partial charge in [0.1, 0.15) is 22.3 Å². The van der Waals surface area contributed by atoms with Crippen molar-refractivity contribution in [2.75, 3.05) is 0 Å². The normalized spacial score (nSPS) is 12.1. The number of fused-ring (bicyclic) bond motifs is 6. The quantitative estimate of drug-likeness (QED) is 0.164. The number of furan rings is 2. The third-order valence-electron chi connectivity index (χ3n) is 12.3. The van der Waals surface area contributed by atoms with E-state index in [4.69, 9.17) is 8.83 Å². The number of hydrogen-bond donors (Lipinski definition) is 0. The van der Waals surface area contributed by atoms with Crippen LogP contribution in [0.3, 0.4) is 0 Å². The highest BCUT2D eigenvalue weighted by atomic mass is 16.3. The predicted octanol–water partition coefficient (Wildman–Crippen LogP) is 15.8. The van der Waals surface area contributed by atoms with Crippen molar-refractivity contribution in [3.05, 3.63) is 200 Å². The molecule has 0 aliphatic heterocycles. The lowest BCUT2D eigenvalue weighted by Gasteiger charge is -2.11. The van der Waals surface area contributed by atoms with Crippen molar-refractivity contribution in [2.45, 2.75) is 0 Å². The molecule has 0 bridgehead atoms. The zero-order valence-electron chi connectivity index (χ0n) is 31.8. The summed E-state index contributed by atoms with van der Waals surface area (Å²) in [6.45, 7) is 0.